The molecule has 1 atom stereocenters. The van der Waals surface area contributed by atoms with E-state index in [1.165, 1.54) is 25.1 Å². The first kappa shape index (κ1) is 18.8. The molecule has 0 saturated heterocycles. The summed E-state index contributed by atoms with van der Waals surface area (Å²) in [6.45, 7) is 1.53. The van der Waals surface area contributed by atoms with Crippen LogP contribution < -0.4 is 19.5 Å². The van der Waals surface area contributed by atoms with Gasteiger partial charge in [-0.05, 0) is 37.3 Å². The molecule has 2 N–H and O–H groups in total. The molecule has 10 heteroatoms. The highest BCUT2D eigenvalue weighted by Crippen LogP contribution is 2.34. The molecule has 0 saturated carbocycles. The van der Waals surface area contributed by atoms with Gasteiger partial charge < -0.3 is 14.8 Å². The Morgan fingerprint density at radius 2 is 1.85 bits per heavy atom. The molecule has 2 aromatic rings. The number of amides is 1. The van der Waals surface area contributed by atoms with E-state index in [1.54, 1.807) is 18.2 Å². The number of nitrogens with one attached hydrogen (secondary N) is 2. The van der Waals surface area contributed by atoms with E-state index in [0.29, 0.717) is 17.2 Å². The van der Waals surface area contributed by atoms with E-state index >= 15 is 0 Å². The summed E-state index contributed by atoms with van der Waals surface area (Å²) in [5, 5.41) is 2.83. The van der Waals surface area contributed by atoms with Crippen LogP contribution in [-0.2, 0) is 14.8 Å². The number of sulfonamides is 1. The van der Waals surface area contributed by atoms with E-state index in [1.807, 2.05) is 0 Å². The van der Waals surface area contributed by atoms with Crippen LogP contribution >= 0.6 is 23.2 Å². The van der Waals surface area contributed by atoms with Gasteiger partial charge in [-0.1, -0.05) is 23.2 Å². The van der Waals surface area contributed by atoms with Crippen LogP contribution in [0.1, 0.15) is 6.92 Å². The van der Waals surface area contributed by atoms with E-state index in [-0.39, 0.29) is 21.7 Å². The van der Waals surface area contributed by atoms with E-state index in [4.69, 9.17) is 32.7 Å². The first-order valence-electron chi connectivity index (χ1n) is 7.44. The van der Waals surface area contributed by atoms with Crippen LogP contribution in [-0.4, -0.2) is 27.2 Å². The zero-order valence-corrected chi connectivity index (χ0v) is 15.8. The summed E-state index contributed by atoms with van der Waals surface area (Å²) in [7, 11) is -4.03. The Morgan fingerprint density at radius 3 is 2.62 bits per heavy atom. The number of rotatable bonds is 5. The smallest absolute Gasteiger partial charge is 0.242 e. The van der Waals surface area contributed by atoms with Crippen molar-refractivity contribution in [1.82, 2.24) is 4.72 Å². The minimum atomic E-state index is -4.03. The normalized spacial score (nSPS) is 14.1. The summed E-state index contributed by atoms with van der Waals surface area (Å²) in [5.41, 5.74) is 0.450. The molecule has 0 unspecified atom stereocenters. The second-order valence-electron chi connectivity index (χ2n) is 5.48. The molecule has 2 aromatic carbocycles. The molecular weight excluding hydrogens is 403 g/mol. The van der Waals surface area contributed by atoms with Crippen molar-refractivity contribution in [2.45, 2.75) is 17.9 Å². The minimum absolute atomic E-state index is 0.00489. The molecule has 26 heavy (non-hydrogen) atoms. The van der Waals surface area contributed by atoms with Crippen molar-refractivity contribution < 1.29 is 22.7 Å². The van der Waals surface area contributed by atoms with Crippen LogP contribution in [0.15, 0.2) is 41.3 Å². The molecule has 7 nitrogen and oxygen atoms in total. The third kappa shape index (κ3) is 4.04. The van der Waals surface area contributed by atoms with Crippen LogP contribution in [0.3, 0.4) is 0 Å². The molecular formula is C16H14Cl2N2O5S. The highest BCUT2D eigenvalue weighted by molar-refractivity contribution is 7.89. The average Bonchev–Trinajstić information content (AvgIpc) is 3.04. The molecule has 0 radical (unpaired) electrons. The van der Waals surface area contributed by atoms with Gasteiger partial charge in [-0.25, -0.2) is 8.42 Å². The summed E-state index contributed by atoms with van der Waals surface area (Å²) in [4.78, 5) is 12.1. The van der Waals surface area contributed by atoms with Gasteiger partial charge in [-0.15, -0.1) is 0 Å². The fourth-order valence-electron chi connectivity index (χ4n) is 2.26. The van der Waals surface area contributed by atoms with Crippen LogP contribution in [0.2, 0.25) is 10.0 Å². The SMILES string of the molecule is C[C@H](NS(=O)(=O)c1cc(Cl)ccc1Cl)C(=O)Nc1ccc2c(c1)OCO2. The molecule has 1 aliphatic heterocycles. The minimum Gasteiger partial charge on any atom is -0.454 e. The number of hydrogen-bond acceptors (Lipinski definition) is 5. The van der Waals surface area contributed by atoms with Gasteiger partial charge in [0.15, 0.2) is 11.5 Å². The van der Waals surface area contributed by atoms with Crippen LogP contribution in [0.5, 0.6) is 11.5 Å². The third-order valence-corrected chi connectivity index (χ3v) is 5.81. The molecule has 1 aliphatic rings. The lowest BCUT2D eigenvalue weighted by atomic mass is 10.2. The Morgan fingerprint density at radius 1 is 1.12 bits per heavy atom. The molecule has 1 amide bonds. The van der Waals surface area contributed by atoms with Gasteiger partial charge in [0.05, 0.1) is 11.1 Å². The molecule has 0 aliphatic carbocycles. The van der Waals surface area contributed by atoms with Crippen molar-refractivity contribution in [1.29, 1.82) is 0 Å². The lowest BCUT2D eigenvalue weighted by Crippen LogP contribution is -2.41. The lowest BCUT2D eigenvalue weighted by molar-refractivity contribution is -0.117. The van der Waals surface area contributed by atoms with Crippen molar-refractivity contribution in [3.8, 4) is 11.5 Å². The van der Waals surface area contributed by atoms with Crippen LogP contribution in [0.4, 0.5) is 5.69 Å². The van der Waals surface area contributed by atoms with Crippen LogP contribution in [0, 0.1) is 0 Å². The van der Waals surface area contributed by atoms with Gasteiger partial charge in [0.2, 0.25) is 22.7 Å². The van der Waals surface area contributed by atoms with Crippen molar-refractivity contribution in [2.24, 2.45) is 0 Å². The predicted molar refractivity (Wildman–Crippen MR) is 97.4 cm³/mol. The predicted octanol–water partition coefficient (Wildman–Crippen LogP) is 3.03. The molecule has 0 spiro atoms. The Bertz CT molecular complexity index is 965. The van der Waals surface area contributed by atoms with Gasteiger partial charge in [0.1, 0.15) is 4.90 Å². The number of halogens is 2. The number of hydrogen-bond donors (Lipinski definition) is 2. The summed E-state index contributed by atoms with van der Waals surface area (Å²) in [6, 6.07) is 7.87. The number of carbonyl (C=O) groups is 1. The van der Waals surface area contributed by atoms with Crippen molar-refractivity contribution in [3.05, 3.63) is 46.4 Å². The maximum absolute atomic E-state index is 12.5. The molecule has 138 valence electrons. The summed E-state index contributed by atoms with van der Waals surface area (Å²) >= 11 is 11.7. The van der Waals surface area contributed by atoms with E-state index in [0.717, 1.165) is 0 Å². The van der Waals surface area contributed by atoms with Crippen molar-refractivity contribution in [3.63, 3.8) is 0 Å². The van der Waals surface area contributed by atoms with Crippen molar-refractivity contribution in [2.75, 3.05) is 12.1 Å². The summed E-state index contributed by atoms with van der Waals surface area (Å²) < 4.78 is 37.6. The van der Waals surface area contributed by atoms with E-state index in [2.05, 4.69) is 10.0 Å². The average molecular weight is 417 g/mol. The monoisotopic (exact) mass is 416 g/mol. The zero-order chi connectivity index (χ0) is 18.9. The third-order valence-electron chi connectivity index (χ3n) is 3.55. The second-order valence-corrected chi connectivity index (χ2v) is 8.00. The fourth-order valence-corrected chi connectivity index (χ4v) is 4.22. The Balaban J connectivity index is 1.71. The van der Waals surface area contributed by atoms with Gasteiger partial charge in [0.25, 0.3) is 0 Å². The van der Waals surface area contributed by atoms with Gasteiger partial charge in [-0.2, -0.15) is 4.72 Å². The first-order chi connectivity index (χ1) is 12.3. The van der Waals surface area contributed by atoms with Crippen LogP contribution in [0.25, 0.3) is 0 Å². The quantitative estimate of drug-likeness (QED) is 0.780. The van der Waals surface area contributed by atoms with Gasteiger partial charge in [-0.3, -0.25) is 4.79 Å². The number of ether oxygens (including phenoxy) is 2. The Hall–Kier alpha value is -2.00. The highest BCUT2D eigenvalue weighted by atomic mass is 35.5. The Labute approximate surface area is 160 Å². The summed E-state index contributed by atoms with van der Waals surface area (Å²) in [6.07, 6.45) is 0. The van der Waals surface area contributed by atoms with Gasteiger partial charge in [0, 0.05) is 16.8 Å². The molecule has 3 rings (SSSR count). The number of fused-ring (bicyclic) bond motifs is 1. The zero-order valence-electron chi connectivity index (χ0n) is 13.5. The fraction of sp³-hybridized carbons (Fsp3) is 0.188. The van der Waals surface area contributed by atoms with Crippen molar-refractivity contribution >= 4 is 44.8 Å². The lowest BCUT2D eigenvalue weighted by Gasteiger charge is -2.15. The number of carbonyl (C=O) groups excluding carboxylic acids is 1. The molecule has 0 aromatic heterocycles. The maximum Gasteiger partial charge on any atom is 0.242 e. The van der Waals surface area contributed by atoms with E-state index in [9.17, 15) is 13.2 Å². The molecule has 0 bridgehead atoms. The topological polar surface area (TPSA) is 93.7 Å². The number of anilines is 1. The Kier molecular flexibility index (Phi) is 5.29. The molecule has 1 heterocycles. The van der Waals surface area contributed by atoms with Gasteiger partial charge >= 0.3 is 0 Å². The highest BCUT2D eigenvalue weighted by Gasteiger charge is 2.25. The summed E-state index contributed by atoms with van der Waals surface area (Å²) in [5.74, 6) is 0.527. The standard InChI is InChI=1S/C16H14Cl2N2O5S/c1-9(20-26(22,23)15-6-10(17)2-4-12(15)18)16(21)19-11-3-5-13-14(7-11)25-8-24-13/h2-7,9,20H,8H2,1H3,(H,19,21)/t9-/m0/s1. The largest absolute Gasteiger partial charge is 0.454 e. The van der Waals surface area contributed by atoms with E-state index < -0.39 is 22.0 Å². The first-order valence-corrected chi connectivity index (χ1v) is 9.68. The second kappa shape index (κ2) is 7.32. The maximum atomic E-state index is 12.5. The molecule has 0 fully saturated rings. The number of benzene rings is 2.